The first kappa shape index (κ1) is 28.2. The van der Waals surface area contributed by atoms with Gasteiger partial charge in [-0.3, -0.25) is 9.59 Å². The maximum absolute atomic E-state index is 11.7. The fourth-order valence-corrected chi connectivity index (χ4v) is 4.26. The average molecular weight is 449 g/mol. The molecule has 0 aromatic carbocycles. The standard InChI is InChI=1S/C27H44O5/c1-4-5-6-7-8-9-17-24(29)18-12-10-15-23-16-11-13-19-25(23)26(32-22(2)28)20-14-21-27(30)31-3/h10-13,15,18,23-26,29H,4-9,14,16-17,19-21H2,1-3H3. The van der Waals surface area contributed by atoms with Crippen molar-refractivity contribution in [3.8, 4) is 0 Å². The molecule has 1 N–H and O–H groups in total. The predicted octanol–water partition coefficient (Wildman–Crippen LogP) is 6.07. The van der Waals surface area contributed by atoms with Crippen molar-refractivity contribution in [1.29, 1.82) is 0 Å². The molecular weight excluding hydrogens is 404 g/mol. The highest BCUT2D eigenvalue weighted by Crippen LogP contribution is 2.33. The summed E-state index contributed by atoms with van der Waals surface area (Å²) in [4.78, 5) is 23.1. The number of carbonyl (C=O) groups is 2. The minimum Gasteiger partial charge on any atom is -0.469 e. The molecule has 1 rings (SSSR count). The first-order valence-electron chi connectivity index (χ1n) is 12.4. The number of carbonyl (C=O) groups excluding carboxylic acids is 2. The van der Waals surface area contributed by atoms with Crippen molar-refractivity contribution in [3.05, 3.63) is 36.5 Å². The topological polar surface area (TPSA) is 72.8 Å². The Bertz CT molecular complexity index is 607. The number of hydrogen-bond donors (Lipinski definition) is 1. The summed E-state index contributed by atoms with van der Waals surface area (Å²) in [6, 6.07) is 0. The van der Waals surface area contributed by atoms with E-state index in [1.54, 1.807) is 0 Å². The third kappa shape index (κ3) is 12.8. The Morgan fingerprint density at radius 1 is 1.03 bits per heavy atom. The fraction of sp³-hybridized carbons (Fsp3) is 0.704. The van der Waals surface area contributed by atoms with Gasteiger partial charge in [-0.05, 0) is 38.0 Å². The Morgan fingerprint density at radius 2 is 1.75 bits per heavy atom. The van der Waals surface area contributed by atoms with Gasteiger partial charge >= 0.3 is 11.9 Å². The summed E-state index contributed by atoms with van der Waals surface area (Å²) < 4.78 is 10.4. The maximum atomic E-state index is 11.7. The summed E-state index contributed by atoms with van der Waals surface area (Å²) in [6.45, 7) is 3.65. The SMILES string of the molecule is CCCCCCCCC(O)C=CC=CC1CC=CCC1C(CCCC(=O)OC)OC(C)=O. The summed E-state index contributed by atoms with van der Waals surface area (Å²) >= 11 is 0. The minimum absolute atomic E-state index is 0.180. The first-order valence-corrected chi connectivity index (χ1v) is 12.4. The van der Waals surface area contributed by atoms with E-state index in [9.17, 15) is 14.7 Å². The molecule has 0 aliphatic heterocycles. The van der Waals surface area contributed by atoms with E-state index in [4.69, 9.17) is 9.47 Å². The zero-order valence-corrected chi connectivity index (χ0v) is 20.3. The van der Waals surface area contributed by atoms with Gasteiger partial charge in [-0.1, -0.05) is 81.9 Å². The van der Waals surface area contributed by atoms with E-state index in [1.807, 2.05) is 18.2 Å². The molecule has 0 spiro atoms. The number of esters is 2. The van der Waals surface area contributed by atoms with E-state index in [0.29, 0.717) is 19.3 Å². The van der Waals surface area contributed by atoms with Gasteiger partial charge in [0.1, 0.15) is 6.10 Å². The summed E-state index contributed by atoms with van der Waals surface area (Å²) in [6.07, 6.45) is 23.1. The van der Waals surface area contributed by atoms with Gasteiger partial charge in [-0.2, -0.15) is 0 Å². The lowest BCUT2D eigenvalue weighted by Crippen LogP contribution is -2.32. The van der Waals surface area contributed by atoms with Crippen LogP contribution in [-0.2, 0) is 19.1 Å². The van der Waals surface area contributed by atoms with Gasteiger partial charge < -0.3 is 14.6 Å². The van der Waals surface area contributed by atoms with E-state index >= 15 is 0 Å². The number of aliphatic hydroxyl groups is 1. The molecule has 0 aromatic heterocycles. The normalized spacial score (nSPS) is 20.5. The van der Waals surface area contributed by atoms with Crippen LogP contribution in [0, 0.1) is 11.8 Å². The van der Waals surface area contributed by atoms with E-state index in [0.717, 1.165) is 25.7 Å². The van der Waals surface area contributed by atoms with E-state index in [2.05, 4.69) is 25.2 Å². The van der Waals surface area contributed by atoms with Gasteiger partial charge in [0.15, 0.2) is 0 Å². The van der Waals surface area contributed by atoms with E-state index in [1.165, 1.54) is 46.1 Å². The van der Waals surface area contributed by atoms with Crippen LogP contribution in [0.25, 0.3) is 0 Å². The van der Waals surface area contributed by atoms with E-state index < -0.39 is 6.10 Å². The van der Waals surface area contributed by atoms with Gasteiger partial charge in [0.05, 0.1) is 13.2 Å². The fourth-order valence-electron chi connectivity index (χ4n) is 4.26. The second-order valence-corrected chi connectivity index (χ2v) is 8.78. The zero-order chi connectivity index (χ0) is 23.6. The Balaban J connectivity index is 2.55. The number of allylic oxidation sites excluding steroid dienone is 5. The van der Waals surface area contributed by atoms with Crippen molar-refractivity contribution in [2.45, 2.75) is 103 Å². The maximum Gasteiger partial charge on any atom is 0.305 e. The van der Waals surface area contributed by atoms with Gasteiger partial charge in [-0.25, -0.2) is 0 Å². The summed E-state index contributed by atoms with van der Waals surface area (Å²) in [5.41, 5.74) is 0. The molecular formula is C27H44O5. The van der Waals surface area contributed by atoms with Crippen LogP contribution in [0.4, 0.5) is 0 Å². The molecule has 4 atom stereocenters. The lowest BCUT2D eigenvalue weighted by atomic mass is 9.78. The third-order valence-corrected chi connectivity index (χ3v) is 6.08. The highest BCUT2D eigenvalue weighted by Gasteiger charge is 2.30. The Kier molecular flexibility index (Phi) is 15.5. The summed E-state index contributed by atoms with van der Waals surface area (Å²) in [5.74, 6) is -0.0960. The van der Waals surface area contributed by atoms with Crippen LogP contribution in [0.5, 0.6) is 0 Å². The summed E-state index contributed by atoms with van der Waals surface area (Å²) in [7, 11) is 1.39. The molecule has 1 aliphatic rings. The van der Waals surface area contributed by atoms with Crippen molar-refractivity contribution < 1.29 is 24.2 Å². The van der Waals surface area contributed by atoms with E-state index in [-0.39, 0.29) is 29.9 Å². The van der Waals surface area contributed by atoms with Crippen LogP contribution >= 0.6 is 0 Å². The van der Waals surface area contributed by atoms with Gasteiger partial charge in [0, 0.05) is 19.3 Å². The molecule has 1 aliphatic carbocycles. The highest BCUT2D eigenvalue weighted by atomic mass is 16.5. The second kappa shape index (κ2) is 17.6. The quantitative estimate of drug-likeness (QED) is 0.134. The molecule has 5 nitrogen and oxygen atoms in total. The Morgan fingerprint density at radius 3 is 2.47 bits per heavy atom. The zero-order valence-electron chi connectivity index (χ0n) is 20.3. The molecule has 182 valence electrons. The number of hydrogen-bond acceptors (Lipinski definition) is 5. The summed E-state index contributed by atoms with van der Waals surface area (Å²) in [5, 5.41) is 10.2. The number of aliphatic hydroxyl groups excluding tert-OH is 1. The van der Waals surface area contributed by atoms with Crippen molar-refractivity contribution in [2.75, 3.05) is 7.11 Å². The van der Waals surface area contributed by atoms with Crippen LogP contribution in [0.15, 0.2) is 36.5 Å². The monoisotopic (exact) mass is 448 g/mol. The molecule has 0 radical (unpaired) electrons. The van der Waals surface area contributed by atoms with Gasteiger partial charge in [0.25, 0.3) is 0 Å². The van der Waals surface area contributed by atoms with Crippen LogP contribution in [0.2, 0.25) is 0 Å². The van der Waals surface area contributed by atoms with Crippen molar-refractivity contribution in [1.82, 2.24) is 0 Å². The molecule has 0 saturated heterocycles. The Hall–Kier alpha value is -1.88. The molecule has 0 heterocycles. The molecule has 32 heavy (non-hydrogen) atoms. The molecule has 0 amide bonds. The van der Waals surface area contributed by atoms with Crippen LogP contribution in [-0.4, -0.2) is 36.4 Å². The number of methoxy groups -OCH3 is 1. The third-order valence-electron chi connectivity index (χ3n) is 6.08. The van der Waals surface area contributed by atoms with Gasteiger partial charge in [0.2, 0.25) is 0 Å². The van der Waals surface area contributed by atoms with Crippen molar-refractivity contribution in [2.24, 2.45) is 11.8 Å². The lowest BCUT2D eigenvalue weighted by molar-refractivity contribution is -0.150. The molecule has 0 saturated carbocycles. The molecule has 0 fully saturated rings. The molecule has 0 aromatic rings. The molecule has 5 heteroatoms. The average Bonchev–Trinajstić information content (AvgIpc) is 2.78. The van der Waals surface area contributed by atoms with Gasteiger partial charge in [-0.15, -0.1) is 0 Å². The van der Waals surface area contributed by atoms with Crippen LogP contribution in [0.1, 0.15) is 90.9 Å². The minimum atomic E-state index is -0.403. The number of unbranched alkanes of at least 4 members (excludes halogenated alkanes) is 5. The van der Waals surface area contributed by atoms with Crippen molar-refractivity contribution >= 4 is 11.9 Å². The number of rotatable bonds is 16. The van der Waals surface area contributed by atoms with Crippen LogP contribution < -0.4 is 0 Å². The predicted molar refractivity (Wildman–Crippen MR) is 129 cm³/mol. The largest absolute Gasteiger partial charge is 0.469 e. The first-order chi connectivity index (χ1) is 15.5. The van der Waals surface area contributed by atoms with Crippen LogP contribution in [0.3, 0.4) is 0 Å². The second-order valence-electron chi connectivity index (χ2n) is 8.78. The molecule has 0 bridgehead atoms. The smallest absolute Gasteiger partial charge is 0.305 e. The Labute approximate surface area is 194 Å². The highest BCUT2D eigenvalue weighted by molar-refractivity contribution is 5.69. The lowest BCUT2D eigenvalue weighted by Gasteiger charge is -2.33. The van der Waals surface area contributed by atoms with Crippen molar-refractivity contribution in [3.63, 3.8) is 0 Å². The molecule has 4 unspecified atom stereocenters. The number of ether oxygens (including phenoxy) is 2.